The molecule has 0 saturated carbocycles. The summed E-state index contributed by atoms with van der Waals surface area (Å²) in [7, 11) is 1.50. The maximum absolute atomic E-state index is 15.1. The average molecular weight is 759 g/mol. The summed E-state index contributed by atoms with van der Waals surface area (Å²) in [6, 6.07) is 14.2. The van der Waals surface area contributed by atoms with Crippen LogP contribution in [0.4, 0.5) is 11.4 Å². The van der Waals surface area contributed by atoms with Crippen molar-refractivity contribution in [2.24, 2.45) is 17.8 Å². The molecule has 0 unspecified atom stereocenters. The lowest BCUT2D eigenvalue weighted by atomic mass is 9.70. The van der Waals surface area contributed by atoms with Crippen molar-refractivity contribution in [1.29, 1.82) is 0 Å². The molecule has 5 rings (SSSR count). The topological polar surface area (TPSA) is 138 Å². The van der Waals surface area contributed by atoms with Crippen molar-refractivity contribution in [3.63, 3.8) is 0 Å². The van der Waals surface area contributed by atoms with E-state index in [0.29, 0.717) is 30.5 Å². The zero-order valence-electron chi connectivity index (χ0n) is 32.9. The quantitative estimate of drug-likeness (QED) is 0.144. The maximum Gasteiger partial charge on any atom is 0.313 e. The molecule has 3 amide bonds. The summed E-state index contributed by atoms with van der Waals surface area (Å²) >= 11 is 0. The van der Waals surface area contributed by atoms with E-state index in [1.165, 1.54) is 12.0 Å². The van der Waals surface area contributed by atoms with E-state index in [1.54, 1.807) is 17.1 Å². The van der Waals surface area contributed by atoms with Crippen molar-refractivity contribution < 1.29 is 38.5 Å². The molecule has 3 saturated heterocycles. The summed E-state index contributed by atoms with van der Waals surface area (Å²) in [5.74, 6) is -3.98. The molecule has 3 fully saturated rings. The first kappa shape index (κ1) is 41.6. The van der Waals surface area contributed by atoms with Gasteiger partial charge in [-0.25, -0.2) is 0 Å². The molecule has 2 bridgehead atoms. The molecule has 2 aromatic carbocycles. The van der Waals surface area contributed by atoms with Crippen LogP contribution in [-0.2, 0) is 33.4 Å². The smallest absolute Gasteiger partial charge is 0.313 e. The zero-order chi connectivity index (χ0) is 39.9. The minimum absolute atomic E-state index is 0.0511. The van der Waals surface area contributed by atoms with Gasteiger partial charge < -0.3 is 39.3 Å². The number of nitrogens with one attached hydrogen (secondary N) is 1. The fourth-order valence-electron chi connectivity index (χ4n) is 8.77. The van der Waals surface area contributed by atoms with E-state index in [4.69, 9.17) is 14.2 Å². The van der Waals surface area contributed by atoms with Crippen LogP contribution in [-0.4, -0.2) is 103 Å². The van der Waals surface area contributed by atoms with E-state index >= 15 is 4.79 Å². The highest BCUT2D eigenvalue weighted by molar-refractivity contribution is 6.05. The van der Waals surface area contributed by atoms with E-state index in [1.807, 2.05) is 68.4 Å². The van der Waals surface area contributed by atoms with Crippen molar-refractivity contribution in [3.8, 4) is 0 Å². The Bertz CT molecular complexity index is 1660. The van der Waals surface area contributed by atoms with Crippen molar-refractivity contribution >= 4 is 35.1 Å². The highest BCUT2D eigenvalue weighted by Crippen LogP contribution is 2.59. The summed E-state index contributed by atoms with van der Waals surface area (Å²) in [6.07, 6.45) is 3.15. The minimum Gasteiger partial charge on any atom is -0.455 e. The lowest BCUT2D eigenvalue weighted by Crippen LogP contribution is -2.59. The zero-order valence-corrected chi connectivity index (χ0v) is 32.9. The Morgan fingerprint density at radius 2 is 1.73 bits per heavy atom. The van der Waals surface area contributed by atoms with E-state index in [-0.39, 0.29) is 43.9 Å². The number of allylic oxidation sites excluding steroid dienone is 1. The average Bonchev–Trinajstić information content (AvgIpc) is 3.83. The molecule has 0 radical (unpaired) electrons. The van der Waals surface area contributed by atoms with Crippen LogP contribution in [0.5, 0.6) is 0 Å². The van der Waals surface area contributed by atoms with Gasteiger partial charge in [0, 0.05) is 44.5 Å². The predicted octanol–water partition coefficient (Wildman–Crippen LogP) is 4.83. The van der Waals surface area contributed by atoms with Gasteiger partial charge in [-0.05, 0) is 68.9 Å². The number of carbonyl (C=O) groups is 4. The third-order valence-electron chi connectivity index (χ3n) is 11.4. The molecule has 298 valence electrons. The monoisotopic (exact) mass is 758 g/mol. The minimum atomic E-state index is -1.33. The van der Waals surface area contributed by atoms with E-state index in [9.17, 15) is 19.5 Å². The van der Waals surface area contributed by atoms with Gasteiger partial charge in [-0.15, -0.1) is 13.2 Å². The number of fused-ring (bicyclic) bond motifs is 1. The number of aliphatic hydroxyl groups excluding tert-OH is 1. The SMILES string of the molecule is C=CCCC(=O)N[C@@H](COC)[C@@H](OC(=O)[C@@H]1[C@H]2C(=O)N([C@@H](CO)C(C)C)[C@H](C(=O)N(CC=C)c3ccc(N(CC)CC)cc3)[C@]23CC[C@H]1O3)c1ccccc1. The molecular formula is C43H58N4O8. The second-order valence-corrected chi connectivity index (χ2v) is 14.9. The van der Waals surface area contributed by atoms with Crippen LogP contribution in [0.2, 0.25) is 0 Å². The number of likely N-dealkylation sites (tertiary alicyclic amines) is 1. The number of hydrogen-bond donors (Lipinski definition) is 2. The van der Waals surface area contributed by atoms with Gasteiger partial charge >= 0.3 is 5.97 Å². The van der Waals surface area contributed by atoms with Crippen molar-refractivity contribution in [2.45, 2.75) is 89.3 Å². The number of rotatable bonds is 20. The fourth-order valence-corrected chi connectivity index (χ4v) is 8.77. The molecule has 0 aromatic heterocycles. The van der Waals surface area contributed by atoms with Gasteiger partial charge in [-0.2, -0.15) is 0 Å². The molecule has 2 aromatic rings. The predicted molar refractivity (Wildman–Crippen MR) is 211 cm³/mol. The summed E-state index contributed by atoms with van der Waals surface area (Å²) in [6.45, 7) is 17.1. The summed E-state index contributed by atoms with van der Waals surface area (Å²) < 4.78 is 18.6. The van der Waals surface area contributed by atoms with Gasteiger partial charge in [0.25, 0.3) is 5.91 Å². The number of amides is 3. The normalized spacial score (nSPS) is 24.2. The number of benzene rings is 2. The number of ether oxygens (including phenoxy) is 3. The molecule has 3 aliphatic rings. The number of methoxy groups -OCH3 is 1. The highest BCUT2D eigenvalue weighted by atomic mass is 16.6. The number of carbonyl (C=O) groups excluding carboxylic acids is 4. The molecule has 12 nitrogen and oxygen atoms in total. The molecule has 55 heavy (non-hydrogen) atoms. The lowest BCUT2D eigenvalue weighted by molar-refractivity contribution is -0.163. The van der Waals surface area contributed by atoms with E-state index in [0.717, 1.165) is 18.8 Å². The van der Waals surface area contributed by atoms with Crippen LogP contribution < -0.4 is 15.1 Å². The Morgan fingerprint density at radius 1 is 1.05 bits per heavy atom. The van der Waals surface area contributed by atoms with Gasteiger partial charge in [0.2, 0.25) is 11.8 Å². The molecule has 3 aliphatic heterocycles. The van der Waals surface area contributed by atoms with E-state index < -0.39 is 59.6 Å². The molecule has 0 aliphatic carbocycles. The van der Waals surface area contributed by atoms with Gasteiger partial charge in [-0.1, -0.05) is 56.3 Å². The number of aliphatic hydroxyl groups is 1. The van der Waals surface area contributed by atoms with Crippen molar-refractivity contribution in [1.82, 2.24) is 10.2 Å². The summed E-state index contributed by atoms with van der Waals surface area (Å²) in [5.41, 5.74) is 0.957. The van der Waals surface area contributed by atoms with Gasteiger partial charge in [0.1, 0.15) is 17.7 Å². The number of esters is 1. The number of anilines is 2. The number of nitrogens with zero attached hydrogens (tertiary/aromatic N) is 3. The third kappa shape index (κ3) is 8.22. The van der Waals surface area contributed by atoms with Crippen molar-refractivity contribution in [2.75, 3.05) is 49.8 Å². The van der Waals surface area contributed by atoms with Crippen LogP contribution in [0.15, 0.2) is 79.9 Å². The third-order valence-corrected chi connectivity index (χ3v) is 11.4. The van der Waals surface area contributed by atoms with Crippen LogP contribution in [0.1, 0.15) is 65.0 Å². The van der Waals surface area contributed by atoms with E-state index in [2.05, 4.69) is 37.2 Å². The van der Waals surface area contributed by atoms with Crippen LogP contribution in [0.25, 0.3) is 0 Å². The first-order chi connectivity index (χ1) is 26.5. The van der Waals surface area contributed by atoms with Gasteiger partial charge in [-0.3, -0.25) is 19.2 Å². The first-order valence-electron chi connectivity index (χ1n) is 19.5. The Balaban J connectivity index is 1.53. The summed E-state index contributed by atoms with van der Waals surface area (Å²) in [5, 5.41) is 13.7. The largest absolute Gasteiger partial charge is 0.455 e. The van der Waals surface area contributed by atoms with Crippen LogP contribution in [0, 0.1) is 17.8 Å². The number of hydrogen-bond acceptors (Lipinski definition) is 9. The second-order valence-electron chi connectivity index (χ2n) is 14.9. The fraction of sp³-hybridized carbons (Fsp3) is 0.535. The van der Waals surface area contributed by atoms with Crippen LogP contribution >= 0.6 is 0 Å². The summed E-state index contributed by atoms with van der Waals surface area (Å²) in [4.78, 5) is 62.9. The molecule has 12 heteroatoms. The maximum atomic E-state index is 15.1. The standard InChI is InChI=1S/C43H58N4O8/c1-8-12-18-35(49)44-32(27-53-7)38(29-16-14-13-15-17-29)54-42(52)36-34-23-24-43(55-34)37(36)40(50)47(33(26-48)28(5)6)39(43)41(51)46(25-9-2)31-21-19-30(20-22-31)45(10-3)11-4/h8-9,13-17,19-22,28,32-34,36-39,48H,1-2,10-12,18,23-27H2,3-7H3,(H,44,49)/t32-,33-,34+,36-,37-,38-,39+,43-/m0/s1. The van der Waals surface area contributed by atoms with Gasteiger partial charge in [0.05, 0.1) is 43.2 Å². The Morgan fingerprint density at radius 3 is 2.31 bits per heavy atom. The molecule has 2 N–H and O–H groups in total. The van der Waals surface area contributed by atoms with Gasteiger partial charge in [0.15, 0.2) is 0 Å². The van der Waals surface area contributed by atoms with Crippen LogP contribution in [0.3, 0.4) is 0 Å². The molecule has 3 heterocycles. The highest BCUT2D eigenvalue weighted by Gasteiger charge is 2.76. The molecule has 1 spiro atoms. The second kappa shape index (κ2) is 18.4. The lowest BCUT2D eigenvalue weighted by Gasteiger charge is -2.40. The van der Waals surface area contributed by atoms with Crippen molar-refractivity contribution in [3.05, 3.63) is 85.5 Å². The Hall–Kier alpha value is -4.52. The first-order valence-corrected chi connectivity index (χ1v) is 19.5. The molecule has 8 atom stereocenters. The Labute approximate surface area is 325 Å². The molecular weight excluding hydrogens is 700 g/mol. The Kier molecular flexibility index (Phi) is 13.9.